The number of sulfone groups is 1. The van der Waals surface area contributed by atoms with E-state index in [1.54, 1.807) is 6.07 Å². The highest BCUT2D eigenvalue weighted by atomic mass is 35.5. The van der Waals surface area contributed by atoms with Crippen LogP contribution in [0.4, 0.5) is 32.2 Å². The summed E-state index contributed by atoms with van der Waals surface area (Å²) in [6.45, 7) is 1.95. The zero-order valence-corrected chi connectivity index (χ0v) is 35.3. The van der Waals surface area contributed by atoms with E-state index in [0.29, 0.717) is 42.0 Å². The number of carbonyl (C=O) groups is 1. The van der Waals surface area contributed by atoms with E-state index in [4.69, 9.17) is 16.6 Å². The van der Waals surface area contributed by atoms with Crippen LogP contribution in [0.25, 0.3) is 22.0 Å². The molecule has 2 N–H and O–H groups in total. The van der Waals surface area contributed by atoms with Gasteiger partial charge in [0.1, 0.15) is 40.0 Å². The number of halogens is 7. The number of fused-ring (bicyclic) bond motifs is 1. The SMILES string of the molecule is Cn1nc(NS(C)(=O)=O)c2c(Cl)ccc(-c3ccc(C#CC(C)(C)S(=O)(=O)C4CC4)nc3[C@H](Cc3cc(F)cc(F)c3)NC(=O)Cn3nc(C(F)F)c(C4CC4)c3C(F)F)c21. The summed E-state index contributed by atoms with van der Waals surface area (Å²) in [5.74, 6) is 1.97. The quantitative estimate of drug-likeness (QED) is 0.0848. The summed E-state index contributed by atoms with van der Waals surface area (Å²) in [6, 6.07) is 7.24. The van der Waals surface area contributed by atoms with Crippen molar-refractivity contribution in [3.05, 3.63) is 93.0 Å². The maximum atomic E-state index is 14.7. The van der Waals surface area contributed by atoms with E-state index >= 15 is 0 Å². The number of aromatic nitrogens is 5. The fourth-order valence-electron chi connectivity index (χ4n) is 7.33. The molecular weight excluding hydrogens is 872 g/mol. The van der Waals surface area contributed by atoms with Crippen molar-refractivity contribution in [2.75, 3.05) is 11.0 Å². The van der Waals surface area contributed by atoms with Crippen molar-refractivity contribution in [2.24, 2.45) is 7.05 Å². The molecule has 2 aromatic carbocycles. The Kier molecular flexibility index (Phi) is 11.7. The molecular formula is C40H38ClF6N7O5S2. The summed E-state index contributed by atoms with van der Waals surface area (Å²) in [6.07, 6.45) is -4.16. The molecule has 0 radical (unpaired) electrons. The number of aryl methyl sites for hydroxylation is 1. The second-order valence-corrected chi connectivity index (χ2v) is 20.6. The molecule has 3 aromatic heterocycles. The van der Waals surface area contributed by atoms with Crippen molar-refractivity contribution in [1.29, 1.82) is 0 Å². The Morgan fingerprint density at radius 2 is 1.59 bits per heavy atom. The van der Waals surface area contributed by atoms with Crippen LogP contribution in [0.2, 0.25) is 5.02 Å². The maximum Gasteiger partial charge on any atom is 0.282 e. The van der Waals surface area contributed by atoms with Gasteiger partial charge in [0, 0.05) is 29.8 Å². The smallest absolute Gasteiger partial charge is 0.282 e. The van der Waals surface area contributed by atoms with Crippen molar-refractivity contribution in [1.82, 2.24) is 29.9 Å². The van der Waals surface area contributed by atoms with Crippen LogP contribution in [-0.4, -0.2) is 63.5 Å². The first-order chi connectivity index (χ1) is 28.5. The van der Waals surface area contributed by atoms with Gasteiger partial charge in [-0.3, -0.25) is 18.9 Å². The van der Waals surface area contributed by atoms with E-state index < -0.39 is 96.6 Å². The first-order valence-electron chi connectivity index (χ1n) is 18.9. The molecule has 1 atom stereocenters. The molecule has 3 heterocycles. The largest absolute Gasteiger partial charge is 0.346 e. The second-order valence-electron chi connectivity index (χ2n) is 15.6. The number of alkyl halides is 4. The van der Waals surface area contributed by atoms with Crippen molar-refractivity contribution >= 4 is 54.1 Å². The minimum Gasteiger partial charge on any atom is -0.346 e. The number of rotatable bonds is 14. The average Bonchev–Trinajstić information content (AvgIpc) is 4.09. The van der Waals surface area contributed by atoms with Gasteiger partial charge in [-0.15, -0.1) is 0 Å². The molecule has 0 unspecified atom stereocenters. The number of anilines is 1. The summed E-state index contributed by atoms with van der Waals surface area (Å²) < 4.78 is 140. The molecule has 7 rings (SSSR count). The van der Waals surface area contributed by atoms with E-state index in [0.717, 1.165) is 18.4 Å². The van der Waals surface area contributed by atoms with Gasteiger partial charge in [-0.1, -0.05) is 23.6 Å². The third kappa shape index (κ3) is 9.24. The predicted molar refractivity (Wildman–Crippen MR) is 215 cm³/mol. The van der Waals surface area contributed by atoms with Gasteiger partial charge in [0.15, 0.2) is 15.7 Å². The standard InChI is InChI=1S/C40H38ClF6N7O5S2/c1-40(2,61(58,59)25-8-9-25)14-13-24-7-10-26(27-11-12-28(41)32-35(27)53(3)51-39(32)52-60(4,56)57)33(48-24)29(17-20-15-22(42)18-23(43)16-20)49-30(55)19-54-36(38(46)47)31(21-5-6-21)34(50-54)37(44)45/h7,10-12,15-16,18,21,25,29,37-38H,5-6,8-9,17,19H2,1-4H3,(H,49,55)(H,51,52)/t29-/m0/s1. The van der Waals surface area contributed by atoms with Crippen molar-refractivity contribution in [3.8, 4) is 23.0 Å². The topological polar surface area (TPSA) is 158 Å². The molecule has 12 nitrogen and oxygen atoms in total. The summed E-state index contributed by atoms with van der Waals surface area (Å²) in [4.78, 5) is 18.8. The summed E-state index contributed by atoms with van der Waals surface area (Å²) >= 11 is 6.60. The number of nitrogens with one attached hydrogen (secondary N) is 2. The predicted octanol–water partition coefficient (Wildman–Crippen LogP) is 7.70. The van der Waals surface area contributed by atoms with Crippen LogP contribution < -0.4 is 10.0 Å². The molecule has 2 aliphatic carbocycles. The zero-order chi connectivity index (χ0) is 44.3. The lowest BCUT2D eigenvalue weighted by Gasteiger charge is -2.23. The molecule has 61 heavy (non-hydrogen) atoms. The van der Waals surface area contributed by atoms with Gasteiger partial charge < -0.3 is 5.32 Å². The van der Waals surface area contributed by atoms with Gasteiger partial charge >= 0.3 is 0 Å². The lowest BCUT2D eigenvalue weighted by molar-refractivity contribution is -0.122. The van der Waals surface area contributed by atoms with Crippen molar-refractivity contribution in [3.63, 3.8) is 0 Å². The van der Waals surface area contributed by atoms with Gasteiger partial charge in [-0.05, 0) is 93.7 Å². The Balaban J connectivity index is 1.41. The summed E-state index contributed by atoms with van der Waals surface area (Å²) in [5.41, 5.74) is -1.21. The third-order valence-corrected chi connectivity index (χ3v) is 14.1. The fourth-order valence-corrected chi connectivity index (χ4v) is 9.85. The van der Waals surface area contributed by atoms with E-state index in [-0.39, 0.29) is 49.8 Å². The van der Waals surface area contributed by atoms with Gasteiger partial charge in [0.25, 0.3) is 12.9 Å². The second kappa shape index (κ2) is 16.3. The minimum absolute atomic E-state index is 0.000137. The Morgan fingerprint density at radius 1 is 0.934 bits per heavy atom. The lowest BCUT2D eigenvalue weighted by Crippen LogP contribution is -2.34. The Hall–Kier alpha value is -5.13. The highest BCUT2D eigenvalue weighted by Gasteiger charge is 2.45. The molecule has 0 aliphatic heterocycles. The molecule has 2 fully saturated rings. The van der Waals surface area contributed by atoms with Crippen LogP contribution in [-0.2, 0) is 44.7 Å². The van der Waals surface area contributed by atoms with Gasteiger partial charge in [-0.2, -0.15) is 10.2 Å². The zero-order valence-electron chi connectivity index (χ0n) is 32.9. The highest BCUT2D eigenvalue weighted by molar-refractivity contribution is 7.93. The highest BCUT2D eigenvalue weighted by Crippen LogP contribution is 2.48. The normalized spacial score (nSPS) is 15.3. The van der Waals surface area contributed by atoms with Crippen molar-refractivity contribution in [2.45, 2.75) is 87.3 Å². The van der Waals surface area contributed by atoms with E-state index in [2.05, 4.69) is 32.1 Å². The first kappa shape index (κ1) is 43.9. The van der Waals surface area contributed by atoms with Crippen LogP contribution in [0, 0.1) is 23.5 Å². The Bertz CT molecular complexity index is 2850. The number of amides is 1. The number of hydrogen-bond acceptors (Lipinski definition) is 8. The fraction of sp³-hybridized carbons (Fsp3) is 0.400. The van der Waals surface area contributed by atoms with E-state index in [1.807, 2.05) is 0 Å². The summed E-state index contributed by atoms with van der Waals surface area (Å²) in [5, 5.41) is 10.5. The third-order valence-electron chi connectivity index (χ3n) is 10.4. The number of sulfonamides is 1. The molecule has 5 aromatic rings. The molecule has 1 amide bonds. The first-order valence-corrected chi connectivity index (χ1v) is 22.7. The monoisotopic (exact) mass is 909 g/mol. The van der Waals surface area contributed by atoms with E-state index in [9.17, 15) is 48.0 Å². The van der Waals surface area contributed by atoms with Gasteiger partial charge in [-0.25, -0.2) is 48.2 Å². The number of benzene rings is 2. The molecule has 0 saturated heterocycles. The molecule has 0 bridgehead atoms. The molecule has 0 spiro atoms. The molecule has 2 saturated carbocycles. The van der Waals surface area contributed by atoms with Gasteiger partial charge in [0.2, 0.25) is 15.9 Å². The van der Waals surface area contributed by atoms with Crippen LogP contribution in [0.3, 0.4) is 0 Å². The molecule has 324 valence electrons. The lowest BCUT2D eigenvalue weighted by atomic mass is 9.93. The Labute approximate surface area is 352 Å². The minimum atomic E-state index is -3.86. The van der Waals surface area contributed by atoms with Crippen LogP contribution in [0.15, 0.2) is 42.5 Å². The van der Waals surface area contributed by atoms with Crippen LogP contribution in [0.5, 0.6) is 0 Å². The van der Waals surface area contributed by atoms with Crippen molar-refractivity contribution < 1.29 is 48.0 Å². The van der Waals surface area contributed by atoms with Crippen LogP contribution in [0.1, 0.15) is 98.2 Å². The van der Waals surface area contributed by atoms with Crippen LogP contribution >= 0.6 is 11.6 Å². The number of nitrogens with zero attached hydrogens (tertiary/aromatic N) is 5. The molecule has 21 heteroatoms. The summed E-state index contributed by atoms with van der Waals surface area (Å²) in [7, 11) is -6.03. The van der Waals surface area contributed by atoms with Gasteiger partial charge in [0.05, 0.1) is 39.2 Å². The Morgan fingerprint density at radius 3 is 2.18 bits per heavy atom. The van der Waals surface area contributed by atoms with E-state index in [1.165, 1.54) is 43.8 Å². The molecule has 2 aliphatic rings. The number of pyridine rings is 1. The number of carbonyl (C=O) groups excluding carboxylic acids is 1. The maximum absolute atomic E-state index is 14.7. The number of hydrogen-bond donors (Lipinski definition) is 2. The average molecular weight is 910 g/mol.